The maximum atomic E-state index is 11.3. The molecule has 1 saturated heterocycles. The lowest BCUT2D eigenvalue weighted by Gasteiger charge is -2.25. The summed E-state index contributed by atoms with van der Waals surface area (Å²) in [6.45, 7) is 6.78. The first-order valence-electron chi connectivity index (χ1n) is 4.70. The monoisotopic (exact) mass is 167 g/mol. The van der Waals surface area contributed by atoms with Crippen LogP contribution in [0.1, 0.15) is 32.6 Å². The molecule has 0 saturated carbocycles. The fourth-order valence-corrected chi connectivity index (χ4v) is 1.76. The molecule has 1 rings (SSSR count). The van der Waals surface area contributed by atoms with Crippen molar-refractivity contribution in [1.82, 2.24) is 4.90 Å². The Morgan fingerprint density at radius 1 is 1.75 bits per heavy atom. The second-order valence-electron chi connectivity index (χ2n) is 3.28. The molecule has 1 atom stereocenters. The zero-order valence-electron chi connectivity index (χ0n) is 7.75. The molecule has 0 spiro atoms. The molecule has 0 aromatic rings. The number of likely N-dealkylation sites (tertiary alicyclic amines) is 1. The van der Waals surface area contributed by atoms with Crippen LogP contribution < -0.4 is 0 Å². The van der Waals surface area contributed by atoms with Crippen LogP contribution in [0.25, 0.3) is 0 Å². The van der Waals surface area contributed by atoms with Crippen molar-refractivity contribution in [2.24, 2.45) is 0 Å². The summed E-state index contributed by atoms with van der Waals surface area (Å²) in [4.78, 5) is 13.3. The molecule has 0 aromatic carbocycles. The van der Waals surface area contributed by atoms with Gasteiger partial charge in [0.25, 0.3) is 0 Å². The van der Waals surface area contributed by atoms with Crippen LogP contribution in [0.4, 0.5) is 0 Å². The lowest BCUT2D eigenvalue weighted by molar-refractivity contribution is -0.129. The van der Waals surface area contributed by atoms with E-state index in [1.54, 1.807) is 0 Å². The van der Waals surface area contributed by atoms with Gasteiger partial charge in [-0.3, -0.25) is 4.79 Å². The lowest BCUT2D eigenvalue weighted by Crippen LogP contribution is -2.35. The van der Waals surface area contributed by atoms with Gasteiger partial charge in [0.15, 0.2) is 0 Å². The summed E-state index contributed by atoms with van der Waals surface area (Å²) in [5.74, 6) is 0.323. The van der Waals surface area contributed by atoms with Crippen molar-refractivity contribution in [1.29, 1.82) is 0 Å². The molecule has 0 radical (unpaired) electrons. The largest absolute Gasteiger partial charge is 0.339 e. The number of amides is 1. The van der Waals surface area contributed by atoms with Gasteiger partial charge >= 0.3 is 0 Å². The normalized spacial score (nSPS) is 19.8. The molecule has 1 heterocycles. The number of carbonyl (C=O) groups is 1. The second kappa shape index (κ2) is 4.29. The minimum Gasteiger partial charge on any atom is -0.339 e. The quantitative estimate of drug-likeness (QED) is 0.586. The van der Waals surface area contributed by atoms with Crippen molar-refractivity contribution in [2.75, 3.05) is 6.54 Å². The first-order chi connectivity index (χ1) is 5.79. The Morgan fingerprint density at radius 3 is 2.92 bits per heavy atom. The molecule has 1 aliphatic rings. The molecule has 0 aliphatic carbocycles. The summed E-state index contributed by atoms with van der Waals surface area (Å²) in [5.41, 5.74) is 0. The molecule has 1 amide bonds. The molecule has 12 heavy (non-hydrogen) atoms. The van der Waals surface area contributed by atoms with Gasteiger partial charge in [-0.2, -0.15) is 0 Å². The summed E-state index contributed by atoms with van der Waals surface area (Å²) in [5, 5.41) is 0. The van der Waals surface area contributed by atoms with Gasteiger partial charge in [0, 0.05) is 19.0 Å². The molecule has 1 unspecified atom stereocenters. The Balaban J connectivity index is 2.51. The minimum absolute atomic E-state index is 0.323. The smallest absolute Gasteiger partial charge is 0.222 e. The van der Waals surface area contributed by atoms with Crippen LogP contribution >= 0.6 is 0 Å². The molecule has 1 aliphatic heterocycles. The summed E-state index contributed by atoms with van der Waals surface area (Å²) < 4.78 is 0. The van der Waals surface area contributed by atoms with Gasteiger partial charge in [0.05, 0.1) is 0 Å². The predicted octanol–water partition coefficient (Wildman–Crippen LogP) is 1.96. The third kappa shape index (κ3) is 1.87. The van der Waals surface area contributed by atoms with E-state index in [-0.39, 0.29) is 0 Å². The van der Waals surface area contributed by atoms with Crippen LogP contribution in [-0.4, -0.2) is 23.4 Å². The molecule has 2 heteroatoms. The maximum Gasteiger partial charge on any atom is 0.222 e. The van der Waals surface area contributed by atoms with Crippen molar-refractivity contribution in [2.45, 2.75) is 38.6 Å². The first-order valence-corrected chi connectivity index (χ1v) is 4.70. The number of hydrogen-bond donors (Lipinski definition) is 0. The van der Waals surface area contributed by atoms with Crippen LogP contribution in [0, 0.1) is 0 Å². The maximum absolute atomic E-state index is 11.3. The third-order valence-electron chi connectivity index (χ3n) is 2.46. The van der Waals surface area contributed by atoms with Crippen molar-refractivity contribution in [3.8, 4) is 0 Å². The average Bonchev–Trinajstić information content (AvgIpc) is 2.47. The van der Waals surface area contributed by atoms with E-state index in [0.29, 0.717) is 11.9 Å². The molecule has 0 N–H and O–H groups in total. The highest BCUT2D eigenvalue weighted by Crippen LogP contribution is 2.17. The van der Waals surface area contributed by atoms with E-state index in [2.05, 4.69) is 13.5 Å². The van der Waals surface area contributed by atoms with Crippen LogP contribution in [0.5, 0.6) is 0 Å². The van der Waals surface area contributed by atoms with Gasteiger partial charge in [0.2, 0.25) is 5.91 Å². The summed E-state index contributed by atoms with van der Waals surface area (Å²) in [7, 11) is 0. The van der Waals surface area contributed by atoms with Crippen LogP contribution in [0.3, 0.4) is 0 Å². The Labute approximate surface area is 74.2 Å². The summed E-state index contributed by atoms with van der Waals surface area (Å²) in [6.07, 6.45) is 5.65. The van der Waals surface area contributed by atoms with Gasteiger partial charge in [-0.15, -0.1) is 6.58 Å². The van der Waals surface area contributed by atoms with Gasteiger partial charge in [-0.25, -0.2) is 0 Å². The minimum atomic E-state index is 0.323. The van der Waals surface area contributed by atoms with E-state index in [0.717, 1.165) is 32.2 Å². The highest BCUT2D eigenvalue weighted by Gasteiger charge is 2.25. The van der Waals surface area contributed by atoms with Gasteiger partial charge in [-0.1, -0.05) is 13.0 Å². The Hall–Kier alpha value is -0.790. The highest BCUT2D eigenvalue weighted by atomic mass is 16.2. The molecular formula is C10H17NO. The number of hydrogen-bond acceptors (Lipinski definition) is 1. The average molecular weight is 167 g/mol. The van der Waals surface area contributed by atoms with Crippen LogP contribution in [0.2, 0.25) is 0 Å². The van der Waals surface area contributed by atoms with Crippen LogP contribution in [-0.2, 0) is 4.79 Å². The summed E-state index contributed by atoms with van der Waals surface area (Å²) >= 11 is 0. The number of carbonyl (C=O) groups excluding carboxylic acids is 1. The van der Waals surface area contributed by atoms with Crippen molar-refractivity contribution in [3.63, 3.8) is 0 Å². The third-order valence-corrected chi connectivity index (χ3v) is 2.46. The SMILES string of the molecule is C=CCC(CC)N1CCCC1=O. The first kappa shape index (κ1) is 9.30. The zero-order chi connectivity index (χ0) is 8.97. The van der Waals surface area contributed by atoms with Crippen LogP contribution in [0.15, 0.2) is 12.7 Å². The topological polar surface area (TPSA) is 20.3 Å². The number of rotatable bonds is 4. The van der Waals surface area contributed by atoms with E-state index in [1.807, 2.05) is 11.0 Å². The predicted molar refractivity (Wildman–Crippen MR) is 49.8 cm³/mol. The fourth-order valence-electron chi connectivity index (χ4n) is 1.76. The van der Waals surface area contributed by atoms with Crippen molar-refractivity contribution >= 4 is 5.91 Å². The Morgan fingerprint density at radius 2 is 2.50 bits per heavy atom. The zero-order valence-corrected chi connectivity index (χ0v) is 7.75. The van der Waals surface area contributed by atoms with E-state index in [1.165, 1.54) is 0 Å². The fraction of sp³-hybridized carbons (Fsp3) is 0.700. The highest BCUT2D eigenvalue weighted by molar-refractivity contribution is 5.78. The van der Waals surface area contributed by atoms with E-state index < -0.39 is 0 Å². The van der Waals surface area contributed by atoms with Gasteiger partial charge < -0.3 is 4.90 Å². The second-order valence-corrected chi connectivity index (χ2v) is 3.28. The molecule has 2 nitrogen and oxygen atoms in total. The molecule has 0 aromatic heterocycles. The van der Waals surface area contributed by atoms with Gasteiger partial charge in [-0.05, 0) is 19.3 Å². The van der Waals surface area contributed by atoms with Crippen molar-refractivity contribution < 1.29 is 4.79 Å². The molecule has 68 valence electrons. The Kier molecular flexibility index (Phi) is 3.32. The van der Waals surface area contributed by atoms with Gasteiger partial charge in [0.1, 0.15) is 0 Å². The van der Waals surface area contributed by atoms with E-state index in [9.17, 15) is 4.79 Å². The molecule has 1 fully saturated rings. The number of nitrogens with zero attached hydrogens (tertiary/aromatic N) is 1. The lowest BCUT2D eigenvalue weighted by atomic mass is 10.1. The van der Waals surface area contributed by atoms with Crippen molar-refractivity contribution in [3.05, 3.63) is 12.7 Å². The van der Waals surface area contributed by atoms with E-state index >= 15 is 0 Å². The molecular weight excluding hydrogens is 150 g/mol. The van der Waals surface area contributed by atoms with E-state index in [4.69, 9.17) is 0 Å². The molecule has 0 bridgehead atoms. The Bertz CT molecular complexity index is 177. The summed E-state index contributed by atoms with van der Waals surface area (Å²) in [6, 6.07) is 0.400. The standard InChI is InChI=1S/C10H17NO/c1-3-6-9(4-2)11-8-5-7-10(11)12/h3,9H,1,4-8H2,2H3.